The zero-order valence-electron chi connectivity index (χ0n) is 7.26. The van der Waals surface area contributed by atoms with Crippen LogP contribution < -0.4 is 10.6 Å². The zero-order valence-corrected chi connectivity index (χ0v) is 7.26. The highest BCUT2D eigenvalue weighted by molar-refractivity contribution is 5.88. The summed E-state index contributed by atoms with van der Waals surface area (Å²) < 4.78 is 0. The lowest BCUT2D eigenvalue weighted by molar-refractivity contribution is -0.132. The summed E-state index contributed by atoms with van der Waals surface area (Å²) in [4.78, 5) is 10.7. The third kappa shape index (κ3) is 1.52. The fourth-order valence-electron chi connectivity index (χ4n) is 1.63. The van der Waals surface area contributed by atoms with Crippen LogP contribution >= 0.6 is 0 Å². The summed E-state index contributed by atoms with van der Waals surface area (Å²) in [5.41, 5.74) is 1.54. The van der Waals surface area contributed by atoms with Gasteiger partial charge in [-0.25, -0.2) is 4.79 Å². The molecule has 2 heterocycles. The first kappa shape index (κ1) is 8.16. The smallest absolute Gasteiger partial charge is 0.333 e. The number of carbonyl (C=O) groups is 1. The molecule has 2 aliphatic heterocycles. The van der Waals surface area contributed by atoms with Gasteiger partial charge < -0.3 is 15.7 Å². The molecule has 0 fully saturated rings. The van der Waals surface area contributed by atoms with Gasteiger partial charge in [-0.3, -0.25) is 0 Å². The van der Waals surface area contributed by atoms with Gasteiger partial charge in [0.25, 0.3) is 0 Å². The van der Waals surface area contributed by atoms with Gasteiger partial charge in [0, 0.05) is 13.1 Å². The summed E-state index contributed by atoms with van der Waals surface area (Å²) in [6.07, 6.45) is 3.82. The summed E-state index contributed by atoms with van der Waals surface area (Å²) >= 11 is 0. The summed E-state index contributed by atoms with van der Waals surface area (Å²) in [5.74, 6) is 0.181. The molecule has 0 amide bonds. The number of hydrogen-bond acceptors (Lipinski definition) is 3. The molecule has 0 saturated carbocycles. The van der Waals surface area contributed by atoms with Crippen molar-refractivity contribution >= 4 is 5.97 Å². The van der Waals surface area contributed by atoms with Gasteiger partial charge in [0.2, 0.25) is 0 Å². The van der Waals surface area contributed by atoms with Crippen LogP contribution in [-0.2, 0) is 4.79 Å². The number of nitrogens with one attached hydrogen (secondary N) is 2. The molecular formula is C9H12N2O2. The molecule has 2 rings (SSSR count). The van der Waals surface area contributed by atoms with Gasteiger partial charge in [-0.05, 0) is 24.5 Å². The monoisotopic (exact) mass is 180 g/mol. The topological polar surface area (TPSA) is 61.4 Å². The molecule has 0 atom stereocenters. The van der Waals surface area contributed by atoms with Crippen molar-refractivity contribution in [2.75, 3.05) is 13.1 Å². The Morgan fingerprint density at radius 1 is 1.46 bits per heavy atom. The van der Waals surface area contributed by atoms with E-state index in [1.54, 1.807) is 6.08 Å². The molecular weight excluding hydrogens is 168 g/mol. The minimum absolute atomic E-state index is 0.418. The summed E-state index contributed by atoms with van der Waals surface area (Å²) in [7, 11) is 0. The van der Waals surface area contributed by atoms with Crippen molar-refractivity contribution in [1.29, 1.82) is 0 Å². The SMILES string of the molecule is O=C(O)C1=CC2=C(NCCC2)NC1. The van der Waals surface area contributed by atoms with Crippen molar-refractivity contribution in [3.63, 3.8) is 0 Å². The van der Waals surface area contributed by atoms with E-state index in [9.17, 15) is 4.79 Å². The van der Waals surface area contributed by atoms with Crippen LogP contribution in [0.5, 0.6) is 0 Å². The van der Waals surface area contributed by atoms with Crippen LogP contribution in [0, 0.1) is 0 Å². The number of allylic oxidation sites excluding steroid dienone is 2. The van der Waals surface area contributed by atoms with Crippen LogP contribution in [0.25, 0.3) is 0 Å². The number of dihydropyridines is 1. The number of hydrogen-bond donors (Lipinski definition) is 3. The van der Waals surface area contributed by atoms with Gasteiger partial charge in [0.05, 0.1) is 5.57 Å². The van der Waals surface area contributed by atoms with Crippen molar-refractivity contribution in [3.05, 3.63) is 23.0 Å². The van der Waals surface area contributed by atoms with Gasteiger partial charge in [-0.15, -0.1) is 0 Å². The number of carboxylic acid groups (broad SMARTS) is 1. The first-order chi connectivity index (χ1) is 6.27. The maximum absolute atomic E-state index is 10.7. The summed E-state index contributed by atoms with van der Waals surface area (Å²) in [5, 5.41) is 15.1. The predicted octanol–water partition coefficient (Wildman–Crippen LogP) is 0.196. The van der Waals surface area contributed by atoms with E-state index in [0.717, 1.165) is 30.8 Å². The Bertz CT molecular complexity index is 305. The van der Waals surface area contributed by atoms with Crippen LogP contribution in [0.3, 0.4) is 0 Å². The fourth-order valence-corrected chi connectivity index (χ4v) is 1.63. The van der Waals surface area contributed by atoms with Crippen molar-refractivity contribution in [1.82, 2.24) is 10.6 Å². The third-order valence-corrected chi connectivity index (χ3v) is 2.32. The molecule has 0 spiro atoms. The van der Waals surface area contributed by atoms with E-state index in [-0.39, 0.29) is 0 Å². The Kier molecular flexibility index (Phi) is 1.96. The lowest BCUT2D eigenvalue weighted by atomic mass is 10.0. The summed E-state index contributed by atoms with van der Waals surface area (Å²) in [6.45, 7) is 1.39. The Labute approximate surface area is 76.3 Å². The average molecular weight is 180 g/mol. The van der Waals surface area contributed by atoms with E-state index in [4.69, 9.17) is 5.11 Å². The Morgan fingerprint density at radius 3 is 3.08 bits per heavy atom. The fraction of sp³-hybridized carbons (Fsp3) is 0.444. The molecule has 0 aromatic rings. The average Bonchev–Trinajstić information content (AvgIpc) is 2.17. The van der Waals surface area contributed by atoms with Crippen LogP contribution in [-0.4, -0.2) is 24.2 Å². The van der Waals surface area contributed by atoms with Crippen LogP contribution in [0.15, 0.2) is 23.0 Å². The Hall–Kier alpha value is -1.45. The maximum atomic E-state index is 10.7. The lowest BCUT2D eigenvalue weighted by Crippen LogP contribution is -2.36. The second kappa shape index (κ2) is 3.12. The third-order valence-electron chi connectivity index (χ3n) is 2.32. The predicted molar refractivity (Wildman–Crippen MR) is 48.0 cm³/mol. The zero-order chi connectivity index (χ0) is 9.26. The Morgan fingerprint density at radius 2 is 2.31 bits per heavy atom. The molecule has 4 nitrogen and oxygen atoms in total. The quantitative estimate of drug-likeness (QED) is 0.539. The van der Waals surface area contributed by atoms with E-state index in [1.807, 2.05) is 0 Å². The van der Waals surface area contributed by atoms with Crippen molar-refractivity contribution in [2.45, 2.75) is 12.8 Å². The minimum atomic E-state index is -0.829. The molecule has 0 unspecified atom stereocenters. The normalized spacial score (nSPS) is 21.1. The molecule has 0 aliphatic carbocycles. The number of rotatable bonds is 1. The van der Waals surface area contributed by atoms with Crippen LogP contribution in [0.1, 0.15) is 12.8 Å². The Balaban J connectivity index is 2.25. The highest BCUT2D eigenvalue weighted by Gasteiger charge is 2.18. The molecule has 2 aliphatic rings. The lowest BCUT2D eigenvalue weighted by Gasteiger charge is -2.25. The molecule has 0 aromatic carbocycles. The van der Waals surface area contributed by atoms with Crippen LogP contribution in [0.2, 0.25) is 0 Å². The second-order valence-electron chi connectivity index (χ2n) is 3.26. The maximum Gasteiger partial charge on any atom is 0.333 e. The van der Waals surface area contributed by atoms with Crippen molar-refractivity contribution in [2.24, 2.45) is 0 Å². The molecule has 4 heteroatoms. The van der Waals surface area contributed by atoms with E-state index in [2.05, 4.69) is 10.6 Å². The summed E-state index contributed by atoms with van der Waals surface area (Å²) in [6, 6.07) is 0. The highest BCUT2D eigenvalue weighted by atomic mass is 16.4. The molecule has 0 saturated heterocycles. The molecule has 0 aromatic heterocycles. The molecule has 70 valence electrons. The largest absolute Gasteiger partial charge is 0.478 e. The van der Waals surface area contributed by atoms with Gasteiger partial charge in [-0.2, -0.15) is 0 Å². The van der Waals surface area contributed by atoms with Crippen molar-refractivity contribution < 1.29 is 9.90 Å². The standard InChI is InChI=1S/C9H12N2O2/c12-9(13)7-4-6-2-1-3-10-8(6)11-5-7/h4,10-11H,1-3,5H2,(H,12,13). The highest BCUT2D eigenvalue weighted by Crippen LogP contribution is 2.19. The van der Waals surface area contributed by atoms with E-state index in [0.29, 0.717) is 12.1 Å². The van der Waals surface area contributed by atoms with Crippen molar-refractivity contribution in [3.8, 4) is 0 Å². The van der Waals surface area contributed by atoms with Crippen LogP contribution in [0.4, 0.5) is 0 Å². The van der Waals surface area contributed by atoms with E-state index >= 15 is 0 Å². The van der Waals surface area contributed by atoms with E-state index in [1.165, 1.54) is 0 Å². The molecule has 3 N–H and O–H groups in total. The first-order valence-corrected chi connectivity index (χ1v) is 4.42. The van der Waals surface area contributed by atoms with Gasteiger partial charge >= 0.3 is 5.97 Å². The number of aliphatic carboxylic acids is 1. The first-order valence-electron chi connectivity index (χ1n) is 4.42. The van der Waals surface area contributed by atoms with E-state index < -0.39 is 5.97 Å². The number of carboxylic acids is 1. The minimum Gasteiger partial charge on any atom is -0.478 e. The van der Waals surface area contributed by atoms with Gasteiger partial charge in [0.15, 0.2) is 0 Å². The molecule has 13 heavy (non-hydrogen) atoms. The van der Waals surface area contributed by atoms with Gasteiger partial charge in [0.1, 0.15) is 5.82 Å². The molecule has 0 bridgehead atoms. The molecule has 0 radical (unpaired) electrons. The second-order valence-corrected chi connectivity index (χ2v) is 3.26. The van der Waals surface area contributed by atoms with Gasteiger partial charge in [-0.1, -0.05) is 0 Å².